The predicted octanol–water partition coefficient (Wildman–Crippen LogP) is 4.85. The van der Waals surface area contributed by atoms with Gasteiger partial charge in [-0.1, -0.05) is 40.8 Å². The Morgan fingerprint density at radius 1 is 1.09 bits per heavy atom. The van der Waals surface area contributed by atoms with Gasteiger partial charge in [-0.15, -0.1) is 0 Å². The second-order valence-electron chi connectivity index (χ2n) is 5.97. The number of hydrogen-bond acceptors (Lipinski definition) is 4. The highest BCUT2D eigenvalue weighted by atomic mass is 35.5. The molecule has 4 nitrogen and oxygen atoms in total. The molecular formula is C17H21Cl2N3O. The molecule has 1 aromatic heterocycles. The Labute approximate surface area is 146 Å². The van der Waals surface area contributed by atoms with E-state index < -0.39 is 0 Å². The molecule has 124 valence electrons. The molecule has 23 heavy (non-hydrogen) atoms. The number of unbranched alkanes of at least 4 members (excludes halogenated alkanes) is 1. The summed E-state index contributed by atoms with van der Waals surface area (Å²) in [4.78, 5) is 6.98. The fourth-order valence-electron chi connectivity index (χ4n) is 2.94. The summed E-state index contributed by atoms with van der Waals surface area (Å²) < 4.78 is 5.33. The molecule has 2 aromatic rings. The summed E-state index contributed by atoms with van der Waals surface area (Å²) in [6.07, 6.45) is 7.09. The van der Waals surface area contributed by atoms with Gasteiger partial charge in [-0.05, 0) is 57.5 Å². The maximum Gasteiger partial charge on any atom is 0.226 e. The molecule has 1 saturated heterocycles. The molecule has 0 N–H and O–H groups in total. The van der Waals surface area contributed by atoms with Crippen molar-refractivity contribution in [3.05, 3.63) is 34.1 Å². The zero-order chi connectivity index (χ0) is 16.1. The molecule has 0 unspecified atom stereocenters. The molecule has 0 amide bonds. The summed E-state index contributed by atoms with van der Waals surface area (Å²) in [6.45, 7) is 3.66. The van der Waals surface area contributed by atoms with Crippen LogP contribution in [0.5, 0.6) is 0 Å². The summed E-state index contributed by atoms with van der Waals surface area (Å²) >= 11 is 12.2. The van der Waals surface area contributed by atoms with E-state index in [-0.39, 0.29) is 0 Å². The van der Waals surface area contributed by atoms with E-state index in [0.29, 0.717) is 27.3 Å². The van der Waals surface area contributed by atoms with Crippen molar-refractivity contribution in [2.75, 3.05) is 19.6 Å². The van der Waals surface area contributed by atoms with Crippen LogP contribution in [0.3, 0.4) is 0 Å². The molecule has 1 aromatic carbocycles. The molecule has 0 atom stereocenters. The van der Waals surface area contributed by atoms with Crippen LogP contribution in [0, 0.1) is 0 Å². The number of hydrogen-bond donors (Lipinski definition) is 0. The number of piperidine rings is 1. The van der Waals surface area contributed by atoms with E-state index in [1.165, 1.54) is 38.9 Å². The highest BCUT2D eigenvalue weighted by molar-refractivity contribution is 6.43. The number of aryl methyl sites for hydroxylation is 1. The number of rotatable bonds is 6. The molecular weight excluding hydrogens is 333 g/mol. The minimum absolute atomic E-state index is 0.464. The highest BCUT2D eigenvalue weighted by Gasteiger charge is 2.14. The van der Waals surface area contributed by atoms with E-state index in [2.05, 4.69) is 15.0 Å². The van der Waals surface area contributed by atoms with Gasteiger partial charge in [0.25, 0.3) is 0 Å². The van der Waals surface area contributed by atoms with Crippen LogP contribution in [-0.4, -0.2) is 34.7 Å². The lowest BCUT2D eigenvalue weighted by Crippen LogP contribution is -2.30. The van der Waals surface area contributed by atoms with Crippen LogP contribution in [0.1, 0.15) is 38.0 Å². The first-order chi connectivity index (χ1) is 11.2. The van der Waals surface area contributed by atoms with Gasteiger partial charge < -0.3 is 9.42 Å². The first-order valence-corrected chi connectivity index (χ1v) is 8.99. The van der Waals surface area contributed by atoms with E-state index in [4.69, 9.17) is 27.7 Å². The Hall–Kier alpha value is -1.10. The van der Waals surface area contributed by atoms with Crippen molar-refractivity contribution in [2.24, 2.45) is 0 Å². The summed E-state index contributed by atoms with van der Waals surface area (Å²) in [5.74, 6) is 1.17. The van der Waals surface area contributed by atoms with Crippen LogP contribution >= 0.6 is 23.2 Å². The predicted molar refractivity (Wildman–Crippen MR) is 93.0 cm³/mol. The Balaban J connectivity index is 1.50. The van der Waals surface area contributed by atoms with Crippen molar-refractivity contribution >= 4 is 23.2 Å². The number of halogens is 2. The zero-order valence-electron chi connectivity index (χ0n) is 13.1. The van der Waals surface area contributed by atoms with E-state index >= 15 is 0 Å². The molecule has 0 saturated carbocycles. The summed E-state index contributed by atoms with van der Waals surface area (Å²) in [5.41, 5.74) is 0.711. The molecule has 3 rings (SSSR count). The lowest BCUT2D eigenvalue weighted by molar-refractivity contribution is 0.224. The molecule has 0 aliphatic carbocycles. The monoisotopic (exact) mass is 353 g/mol. The van der Waals surface area contributed by atoms with Gasteiger partial charge in [-0.2, -0.15) is 4.98 Å². The van der Waals surface area contributed by atoms with E-state index in [0.717, 1.165) is 19.3 Å². The van der Waals surface area contributed by atoms with Crippen LogP contribution in [0.4, 0.5) is 0 Å². The third kappa shape index (κ3) is 4.46. The van der Waals surface area contributed by atoms with Crippen LogP contribution in [0.25, 0.3) is 11.4 Å². The van der Waals surface area contributed by atoms with Crippen molar-refractivity contribution in [1.29, 1.82) is 0 Å². The number of nitrogens with zero attached hydrogens (tertiary/aromatic N) is 3. The van der Waals surface area contributed by atoms with E-state index in [1.54, 1.807) is 6.07 Å². The standard InChI is InChI=1S/C17H21Cl2N3O/c18-14-8-6-7-13(16(14)19)17-20-15(23-21-17)9-2-5-12-22-10-3-1-4-11-22/h6-8H,1-5,9-12H2. The fraction of sp³-hybridized carbons (Fsp3) is 0.529. The molecule has 1 aliphatic heterocycles. The maximum atomic E-state index is 6.19. The van der Waals surface area contributed by atoms with Gasteiger partial charge in [-0.25, -0.2) is 0 Å². The quantitative estimate of drug-likeness (QED) is 0.696. The Bertz CT molecular complexity index is 639. The van der Waals surface area contributed by atoms with Gasteiger partial charge in [-0.3, -0.25) is 0 Å². The van der Waals surface area contributed by atoms with Crippen molar-refractivity contribution < 1.29 is 4.52 Å². The van der Waals surface area contributed by atoms with Crippen molar-refractivity contribution in [3.63, 3.8) is 0 Å². The van der Waals surface area contributed by atoms with Gasteiger partial charge in [0.2, 0.25) is 11.7 Å². The first kappa shape index (κ1) is 16.7. The highest BCUT2D eigenvalue weighted by Crippen LogP contribution is 2.31. The summed E-state index contributed by atoms with van der Waals surface area (Å²) in [7, 11) is 0. The van der Waals surface area contributed by atoms with Gasteiger partial charge in [0.05, 0.1) is 10.0 Å². The van der Waals surface area contributed by atoms with E-state index in [1.807, 2.05) is 12.1 Å². The second-order valence-corrected chi connectivity index (χ2v) is 6.76. The average molecular weight is 354 g/mol. The van der Waals surface area contributed by atoms with Gasteiger partial charge in [0, 0.05) is 12.0 Å². The van der Waals surface area contributed by atoms with Crippen molar-refractivity contribution in [3.8, 4) is 11.4 Å². The zero-order valence-corrected chi connectivity index (χ0v) is 14.6. The van der Waals surface area contributed by atoms with Crippen LogP contribution in [0.15, 0.2) is 22.7 Å². The fourth-order valence-corrected chi connectivity index (χ4v) is 3.32. The maximum absolute atomic E-state index is 6.19. The van der Waals surface area contributed by atoms with Crippen molar-refractivity contribution in [1.82, 2.24) is 15.0 Å². The smallest absolute Gasteiger partial charge is 0.226 e. The summed E-state index contributed by atoms with van der Waals surface area (Å²) in [6, 6.07) is 5.42. The molecule has 1 aliphatic rings. The third-order valence-electron chi connectivity index (χ3n) is 4.22. The largest absolute Gasteiger partial charge is 0.339 e. The Morgan fingerprint density at radius 2 is 1.91 bits per heavy atom. The van der Waals surface area contributed by atoms with E-state index in [9.17, 15) is 0 Å². The molecule has 1 fully saturated rings. The minimum Gasteiger partial charge on any atom is -0.339 e. The lowest BCUT2D eigenvalue weighted by atomic mass is 10.1. The molecule has 0 bridgehead atoms. The lowest BCUT2D eigenvalue weighted by Gasteiger charge is -2.26. The number of benzene rings is 1. The second kappa shape index (κ2) is 8.13. The van der Waals surface area contributed by atoms with Crippen LogP contribution in [-0.2, 0) is 6.42 Å². The number of likely N-dealkylation sites (tertiary alicyclic amines) is 1. The van der Waals surface area contributed by atoms with Crippen LogP contribution < -0.4 is 0 Å². The molecule has 0 spiro atoms. The minimum atomic E-state index is 0.464. The number of aromatic nitrogens is 2. The normalized spacial score (nSPS) is 15.9. The van der Waals surface area contributed by atoms with Crippen molar-refractivity contribution in [2.45, 2.75) is 38.5 Å². The molecule has 2 heterocycles. The van der Waals surface area contributed by atoms with Gasteiger partial charge in [0.1, 0.15) is 0 Å². The SMILES string of the molecule is Clc1cccc(-c2noc(CCCCN3CCCCC3)n2)c1Cl. The Kier molecular flexibility index (Phi) is 5.92. The molecule has 6 heteroatoms. The summed E-state index contributed by atoms with van der Waals surface area (Å²) in [5, 5.41) is 4.98. The Morgan fingerprint density at radius 3 is 2.74 bits per heavy atom. The third-order valence-corrected chi connectivity index (χ3v) is 5.04. The topological polar surface area (TPSA) is 42.2 Å². The van der Waals surface area contributed by atoms with Gasteiger partial charge >= 0.3 is 0 Å². The van der Waals surface area contributed by atoms with Crippen LogP contribution in [0.2, 0.25) is 10.0 Å². The first-order valence-electron chi connectivity index (χ1n) is 8.23. The average Bonchev–Trinajstić information content (AvgIpc) is 3.04. The molecule has 0 radical (unpaired) electrons. The van der Waals surface area contributed by atoms with Gasteiger partial charge in [0.15, 0.2) is 0 Å².